The zero-order valence-corrected chi connectivity index (χ0v) is 11.9. The number of benzene rings is 1. The van der Waals surface area contributed by atoms with E-state index in [1.165, 1.54) is 0 Å². The van der Waals surface area contributed by atoms with Crippen LogP contribution in [0.4, 0.5) is 5.69 Å². The molecule has 1 atom stereocenters. The van der Waals surface area contributed by atoms with Gasteiger partial charge in [0.2, 0.25) is 5.91 Å². The lowest BCUT2D eigenvalue weighted by molar-refractivity contribution is -0.119. The lowest BCUT2D eigenvalue weighted by atomic mass is 10.1. The van der Waals surface area contributed by atoms with Gasteiger partial charge in [-0.3, -0.25) is 4.79 Å². The Morgan fingerprint density at radius 1 is 1.35 bits per heavy atom. The van der Waals surface area contributed by atoms with Crippen LogP contribution >= 0.6 is 0 Å². The van der Waals surface area contributed by atoms with Crippen LogP contribution in [-0.2, 0) is 14.6 Å². The van der Waals surface area contributed by atoms with Crippen LogP contribution in [0.1, 0.15) is 18.9 Å². The third-order valence-corrected chi connectivity index (χ3v) is 5.09. The maximum atomic E-state index is 11.9. The standard InChI is InChI=1S/C13H16N2O4S/c1-9(15-17)10-2-4-12(5-3-10)14-13(16)11-6-7-20(18,19)8-11/h2-5,11,17H,6-8H2,1H3,(H,14,16). The summed E-state index contributed by atoms with van der Waals surface area (Å²) in [6.07, 6.45) is 0.378. The highest BCUT2D eigenvalue weighted by molar-refractivity contribution is 7.91. The van der Waals surface area contributed by atoms with Gasteiger partial charge in [-0.2, -0.15) is 0 Å². The molecule has 1 aliphatic rings. The summed E-state index contributed by atoms with van der Waals surface area (Å²) in [5.41, 5.74) is 1.81. The fourth-order valence-electron chi connectivity index (χ4n) is 2.10. The van der Waals surface area contributed by atoms with Crippen molar-refractivity contribution in [2.24, 2.45) is 11.1 Å². The largest absolute Gasteiger partial charge is 0.411 e. The molecule has 0 saturated carbocycles. The van der Waals surface area contributed by atoms with Crippen LogP contribution < -0.4 is 5.32 Å². The van der Waals surface area contributed by atoms with E-state index in [-0.39, 0.29) is 17.4 Å². The predicted octanol–water partition coefficient (Wildman–Crippen LogP) is 1.26. The third kappa shape index (κ3) is 3.36. The number of hydrogen-bond donors (Lipinski definition) is 2. The minimum absolute atomic E-state index is 0.0762. The highest BCUT2D eigenvalue weighted by Gasteiger charge is 2.32. The summed E-state index contributed by atoms with van der Waals surface area (Å²) < 4.78 is 22.7. The molecular weight excluding hydrogens is 280 g/mol. The minimum atomic E-state index is -3.06. The number of carbonyl (C=O) groups excluding carboxylic acids is 1. The van der Waals surface area contributed by atoms with Crippen LogP contribution in [0, 0.1) is 5.92 Å². The average molecular weight is 296 g/mol. The van der Waals surface area contributed by atoms with Crippen molar-refractivity contribution in [1.82, 2.24) is 0 Å². The van der Waals surface area contributed by atoms with Gasteiger partial charge in [-0.05, 0) is 31.0 Å². The first-order valence-corrected chi connectivity index (χ1v) is 8.04. The van der Waals surface area contributed by atoms with Crippen molar-refractivity contribution < 1.29 is 18.4 Å². The molecule has 0 spiro atoms. The van der Waals surface area contributed by atoms with Gasteiger partial charge >= 0.3 is 0 Å². The summed E-state index contributed by atoms with van der Waals surface area (Å²) in [4.78, 5) is 11.9. The average Bonchev–Trinajstić information content (AvgIpc) is 2.79. The second kappa shape index (κ2) is 5.62. The molecule has 1 heterocycles. The minimum Gasteiger partial charge on any atom is -0.411 e. The van der Waals surface area contributed by atoms with Gasteiger partial charge < -0.3 is 10.5 Å². The molecule has 2 N–H and O–H groups in total. The number of nitrogens with zero attached hydrogens (tertiary/aromatic N) is 1. The van der Waals surface area contributed by atoms with Crippen LogP contribution in [0.3, 0.4) is 0 Å². The van der Waals surface area contributed by atoms with E-state index in [9.17, 15) is 13.2 Å². The van der Waals surface area contributed by atoms with Gasteiger partial charge in [0.05, 0.1) is 23.1 Å². The Bertz CT molecular complexity index is 635. The van der Waals surface area contributed by atoms with Gasteiger partial charge in [-0.1, -0.05) is 17.3 Å². The number of carbonyl (C=O) groups is 1. The van der Waals surface area contributed by atoms with Crippen molar-refractivity contribution in [3.05, 3.63) is 29.8 Å². The molecule has 1 fully saturated rings. The fraction of sp³-hybridized carbons (Fsp3) is 0.385. The van der Waals surface area contributed by atoms with Gasteiger partial charge in [-0.15, -0.1) is 0 Å². The Labute approximate surface area is 117 Å². The highest BCUT2D eigenvalue weighted by atomic mass is 32.2. The molecule has 1 saturated heterocycles. The summed E-state index contributed by atoms with van der Waals surface area (Å²) in [7, 11) is -3.06. The molecule has 1 aromatic rings. The van der Waals surface area contributed by atoms with Crippen molar-refractivity contribution in [3.8, 4) is 0 Å². The summed E-state index contributed by atoms with van der Waals surface area (Å²) in [6, 6.07) is 6.81. The summed E-state index contributed by atoms with van der Waals surface area (Å²) >= 11 is 0. The fourth-order valence-corrected chi connectivity index (χ4v) is 3.84. The summed E-state index contributed by atoms with van der Waals surface area (Å²) in [5.74, 6) is -0.740. The topological polar surface area (TPSA) is 95.8 Å². The molecule has 2 rings (SSSR count). The van der Waals surface area contributed by atoms with Crippen molar-refractivity contribution in [1.29, 1.82) is 0 Å². The van der Waals surface area contributed by atoms with E-state index < -0.39 is 15.8 Å². The number of oxime groups is 1. The number of rotatable bonds is 3. The Balaban J connectivity index is 2.02. The van der Waals surface area contributed by atoms with Crippen molar-refractivity contribution in [2.45, 2.75) is 13.3 Å². The van der Waals surface area contributed by atoms with Crippen molar-refractivity contribution >= 4 is 27.1 Å². The van der Waals surface area contributed by atoms with Gasteiger partial charge in [0.1, 0.15) is 0 Å². The van der Waals surface area contributed by atoms with Crippen molar-refractivity contribution in [3.63, 3.8) is 0 Å². The number of anilines is 1. The van der Waals surface area contributed by atoms with E-state index in [4.69, 9.17) is 5.21 Å². The first kappa shape index (κ1) is 14.5. The Kier molecular flexibility index (Phi) is 4.08. The zero-order valence-electron chi connectivity index (χ0n) is 11.0. The molecule has 7 heteroatoms. The molecule has 20 heavy (non-hydrogen) atoms. The lowest BCUT2D eigenvalue weighted by Crippen LogP contribution is -2.23. The van der Waals surface area contributed by atoms with E-state index in [2.05, 4.69) is 10.5 Å². The first-order chi connectivity index (χ1) is 9.41. The van der Waals surface area contributed by atoms with Crippen molar-refractivity contribution in [2.75, 3.05) is 16.8 Å². The van der Waals surface area contributed by atoms with Crippen LogP contribution in [0.15, 0.2) is 29.4 Å². The number of sulfone groups is 1. The Morgan fingerprint density at radius 3 is 2.50 bits per heavy atom. The van der Waals surface area contributed by atoms with E-state index in [0.29, 0.717) is 17.8 Å². The summed E-state index contributed by atoms with van der Waals surface area (Å²) in [5, 5.41) is 14.4. The molecule has 6 nitrogen and oxygen atoms in total. The molecular formula is C13H16N2O4S. The lowest BCUT2D eigenvalue weighted by Gasteiger charge is -2.09. The molecule has 0 aromatic heterocycles. The number of hydrogen-bond acceptors (Lipinski definition) is 5. The number of nitrogens with one attached hydrogen (secondary N) is 1. The van der Waals surface area contributed by atoms with E-state index >= 15 is 0 Å². The maximum absolute atomic E-state index is 11.9. The quantitative estimate of drug-likeness (QED) is 0.498. The van der Waals surface area contributed by atoms with E-state index in [1.54, 1.807) is 31.2 Å². The summed E-state index contributed by atoms with van der Waals surface area (Å²) in [6.45, 7) is 1.66. The van der Waals surface area contributed by atoms with Gasteiger partial charge in [0.15, 0.2) is 9.84 Å². The van der Waals surface area contributed by atoms with E-state index in [1.807, 2.05) is 0 Å². The highest BCUT2D eigenvalue weighted by Crippen LogP contribution is 2.20. The molecule has 0 aliphatic carbocycles. The molecule has 0 bridgehead atoms. The van der Waals surface area contributed by atoms with Crippen LogP contribution in [0.2, 0.25) is 0 Å². The molecule has 1 unspecified atom stereocenters. The van der Waals surface area contributed by atoms with Gasteiger partial charge in [0.25, 0.3) is 0 Å². The smallest absolute Gasteiger partial charge is 0.228 e. The molecule has 1 amide bonds. The van der Waals surface area contributed by atoms with Crippen LogP contribution in [0.25, 0.3) is 0 Å². The molecule has 1 aromatic carbocycles. The first-order valence-electron chi connectivity index (χ1n) is 6.21. The predicted molar refractivity (Wildman–Crippen MR) is 75.8 cm³/mol. The number of amides is 1. The van der Waals surface area contributed by atoms with Gasteiger partial charge in [-0.25, -0.2) is 8.42 Å². The second-order valence-corrected chi connectivity index (χ2v) is 7.08. The van der Waals surface area contributed by atoms with Crippen LogP contribution in [0.5, 0.6) is 0 Å². The van der Waals surface area contributed by atoms with Crippen LogP contribution in [-0.4, -0.2) is 36.7 Å². The second-order valence-electron chi connectivity index (χ2n) is 4.85. The SMILES string of the molecule is CC(=NO)c1ccc(NC(=O)C2CCS(=O)(=O)C2)cc1. The van der Waals surface area contributed by atoms with E-state index in [0.717, 1.165) is 5.56 Å². The maximum Gasteiger partial charge on any atom is 0.228 e. The normalized spacial score (nSPS) is 21.6. The third-order valence-electron chi connectivity index (χ3n) is 3.32. The van der Waals surface area contributed by atoms with Gasteiger partial charge in [0, 0.05) is 5.69 Å². The Hall–Kier alpha value is -1.89. The monoisotopic (exact) mass is 296 g/mol. The molecule has 1 aliphatic heterocycles. The molecule has 0 radical (unpaired) electrons. The Morgan fingerprint density at radius 2 is 2.00 bits per heavy atom. The zero-order chi connectivity index (χ0) is 14.8. The molecule has 108 valence electrons.